The molecule has 0 aliphatic heterocycles. The van der Waals surface area contributed by atoms with Gasteiger partial charge in [-0.15, -0.1) is 0 Å². The minimum absolute atomic E-state index is 0.0471. The zero-order chi connectivity index (χ0) is 25.6. The molecule has 0 spiro atoms. The lowest BCUT2D eigenvalue weighted by Gasteiger charge is -2.15. The van der Waals surface area contributed by atoms with Gasteiger partial charge < -0.3 is 18.9 Å². The standard InChI is InChI=1S/C27H30O8/c1-19(27(31)35-21(3)25(29)15-17-33-23-12-8-5-9-13-23)18-26(30)34-20(2)24(28)14-16-32-22-10-6-4-7-11-22/h4-13,20-21H,1,14-18H2,2-3H3. The number of benzene rings is 2. The number of esters is 2. The van der Waals surface area contributed by atoms with E-state index < -0.39 is 30.6 Å². The van der Waals surface area contributed by atoms with Gasteiger partial charge in [0.1, 0.15) is 11.5 Å². The highest BCUT2D eigenvalue weighted by Gasteiger charge is 2.23. The molecular weight excluding hydrogens is 452 g/mol. The van der Waals surface area contributed by atoms with Crippen LogP contribution in [0.1, 0.15) is 33.1 Å². The topological polar surface area (TPSA) is 105 Å². The van der Waals surface area contributed by atoms with E-state index in [4.69, 9.17) is 18.9 Å². The minimum atomic E-state index is -1.03. The Morgan fingerprint density at radius 2 is 1.14 bits per heavy atom. The van der Waals surface area contributed by atoms with Crippen molar-refractivity contribution in [2.45, 2.75) is 45.3 Å². The van der Waals surface area contributed by atoms with E-state index in [1.165, 1.54) is 13.8 Å². The quantitative estimate of drug-likeness (QED) is 0.278. The lowest BCUT2D eigenvalue weighted by atomic mass is 10.1. The fourth-order valence-corrected chi connectivity index (χ4v) is 2.84. The van der Waals surface area contributed by atoms with Gasteiger partial charge in [0.05, 0.1) is 19.6 Å². The molecule has 0 aliphatic carbocycles. The maximum absolute atomic E-state index is 12.2. The second kappa shape index (κ2) is 14.3. The smallest absolute Gasteiger partial charge is 0.334 e. The van der Waals surface area contributed by atoms with E-state index in [-0.39, 0.29) is 43.2 Å². The summed E-state index contributed by atoms with van der Waals surface area (Å²) in [4.78, 5) is 48.6. The van der Waals surface area contributed by atoms with E-state index in [9.17, 15) is 19.2 Å². The van der Waals surface area contributed by atoms with E-state index in [0.29, 0.717) is 11.5 Å². The highest BCUT2D eigenvalue weighted by molar-refractivity contribution is 5.95. The van der Waals surface area contributed by atoms with Gasteiger partial charge >= 0.3 is 11.9 Å². The van der Waals surface area contributed by atoms with Crippen LogP contribution >= 0.6 is 0 Å². The van der Waals surface area contributed by atoms with Crippen molar-refractivity contribution in [3.05, 3.63) is 72.8 Å². The van der Waals surface area contributed by atoms with Crippen LogP contribution < -0.4 is 9.47 Å². The molecule has 0 saturated heterocycles. The molecule has 2 atom stereocenters. The Hall–Kier alpha value is -3.94. The summed E-state index contributed by atoms with van der Waals surface area (Å²) in [5.74, 6) is -1.07. The van der Waals surface area contributed by atoms with Gasteiger partial charge in [0.15, 0.2) is 23.8 Å². The third kappa shape index (κ3) is 10.2. The third-order valence-electron chi connectivity index (χ3n) is 4.87. The fourth-order valence-electron chi connectivity index (χ4n) is 2.84. The van der Waals surface area contributed by atoms with Crippen LogP contribution in [0.4, 0.5) is 0 Å². The second-order valence-electron chi connectivity index (χ2n) is 7.72. The zero-order valence-electron chi connectivity index (χ0n) is 19.9. The Morgan fingerprint density at radius 3 is 1.60 bits per heavy atom. The number of Topliss-reactive ketones (excluding diaryl/α,β-unsaturated/α-hetero) is 2. The Morgan fingerprint density at radius 1 is 0.714 bits per heavy atom. The predicted octanol–water partition coefficient (Wildman–Crippen LogP) is 3.87. The molecule has 8 nitrogen and oxygen atoms in total. The van der Waals surface area contributed by atoms with Crippen LogP contribution in [0.15, 0.2) is 72.8 Å². The number of para-hydroxylation sites is 2. The molecule has 0 radical (unpaired) electrons. The molecule has 0 saturated carbocycles. The highest BCUT2D eigenvalue weighted by atomic mass is 16.6. The predicted molar refractivity (Wildman–Crippen MR) is 128 cm³/mol. The van der Waals surface area contributed by atoms with Gasteiger partial charge in [0.2, 0.25) is 0 Å². The molecule has 0 fully saturated rings. The normalized spacial score (nSPS) is 12.1. The number of ether oxygens (including phenoxy) is 4. The highest BCUT2D eigenvalue weighted by Crippen LogP contribution is 2.12. The number of hydrogen-bond donors (Lipinski definition) is 0. The summed E-state index contributed by atoms with van der Waals surface area (Å²) in [5, 5.41) is 0. The average molecular weight is 483 g/mol. The van der Waals surface area contributed by atoms with Crippen molar-refractivity contribution in [3.63, 3.8) is 0 Å². The van der Waals surface area contributed by atoms with Crippen LogP contribution in [0.5, 0.6) is 11.5 Å². The van der Waals surface area contributed by atoms with Crippen molar-refractivity contribution >= 4 is 23.5 Å². The lowest BCUT2D eigenvalue weighted by Crippen LogP contribution is -2.28. The molecule has 2 unspecified atom stereocenters. The summed E-state index contributed by atoms with van der Waals surface area (Å²) >= 11 is 0. The molecule has 0 bridgehead atoms. The number of rotatable bonds is 15. The van der Waals surface area contributed by atoms with Gasteiger partial charge in [-0.3, -0.25) is 14.4 Å². The molecule has 0 aliphatic rings. The summed E-state index contributed by atoms with van der Waals surface area (Å²) in [5.41, 5.74) is -0.178. The van der Waals surface area contributed by atoms with Gasteiger partial charge in [0, 0.05) is 18.4 Å². The summed E-state index contributed by atoms with van der Waals surface area (Å²) in [6, 6.07) is 18.0. The molecule has 186 valence electrons. The monoisotopic (exact) mass is 482 g/mol. The van der Waals surface area contributed by atoms with Crippen LogP contribution in [-0.4, -0.2) is 48.9 Å². The Balaban J connectivity index is 1.66. The molecule has 35 heavy (non-hydrogen) atoms. The first kappa shape index (κ1) is 27.3. The van der Waals surface area contributed by atoms with E-state index >= 15 is 0 Å². The Labute approximate surface area is 204 Å². The number of hydrogen-bond acceptors (Lipinski definition) is 8. The summed E-state index contributed by atoms with van der Waals surface area (Å²) < 4.78 is 21.1. The van der Waals surface area contributed by atoms with Crippen LogP contribution in [0, 0.1) is 0 Å². The van der Waals surface area contributed by atoms with Crippen LogP contribution in [0.3, 0.4) is 0 Å². The summed E-state index contributed by atoms with van der Waals surface area (Å²) in [6.07, 6.45) is -2.39. The number of ketones is 2. The largest absolute Gasteiger partial charge is 0.493 e. The molecular formula is C27H30O8. The van der Waals surface area contributed by atoms with Crippen LogP contribution in [0.2, 0.25) is 0 Å². The second-order valence-corrected chi connectivity index (χ2v) is 7.72. The zero-order valence-corrected chi connectivity index (χ0v) is 19.9. The third-order valence-corrected chi connectivity index (χ3v) is 4.87. The summed E-state index contributed by atoms with van der Waals surface area (Å²) in [7, 11) is 0. The number of carbonyl (C=O) groups is 4. The molecule has 0 N–H and O–H groups in total. The first-order valence-corrected chi connectivity index (χ1v) is 11.3. The van der Waals surface area contributed by atoms with Gasteiger partial charge in [-0.1, -0.05) is 43.0 Å². The molecule has 0 amide bonds. The van der Waals surface area contributed by atoms with Gasteiger partial charge in [-0.2, -0.15) is 0 Å². The maximum atomic E-state index is 12.2. The summed E-state index contributed by atoms with van der Waals surface area (Å²) in [6.45, 7) is 6.70. The molecule has 2 aromatic rings. The van der Waals surface area contributed by atoms with Crippen LogP contribution in [0.25, 0.3) is 0 Å². The Kier molecular flexibility index (Phi) is 11.2. The molecule has 2 rings (SSSR count). The average Bonchev–Trinajstić information content (AvgIpc) is 2.84. The lowest BCUT2D eigenvalue weighted by molar-refractivity contribution is -0.155. The van der Waals surface area contributed by atoms with Gasteiger partial charge in [-0.05, 0) is 38.1 Å². The molecule has 2 aromatic carbocycles. The van der Waals surface area contributed by atoms with E-state index in [1.54, 1.807) is 24.3 Å². The first-order valence-electron chi connectivity index (χ1n) is 11.3. The SMILES string of the molecule is C=C(CC(=O)OC(C)C(=O)CCOc1ccccc1)C(=O)OC(C)C(=O)CCOc1ccccc1. The maximum Gasteiger partial charge on any atom is 0.334 e. The first-order chi connectivity index (χ1) is 16.8. The van der Waals surface area contributed by atoms with Gasteiger partial charge in [-0.25, -0.2) is 4.79 Å². The van der Waals surface area contributed by atoms with Crippen molar-refractivity contribution in [3.8, 4) is 11.5 Å². The fraction of sp³-hybridized carbons (Fsp3) is 0.333. The van der Waals surface area contributed by atoms with Crippen LogP contribution in [-0.2, 0) is 28.7 Å². The molecule has 0 aromatic heterocycles. The van der Waals surface area contributed by atoms with E-state index in [1.807, 2.05) is 36.4 Å². The minimum Gasteiger partial charge on any atom is -0.493 e. The Bertz CT molecular complexity index is 1000. The van der Waals surface area contributed by atoms with Gasteiger partial charge in [0.25, 0.3) is 0 Å². The molecule has 8 heteroatoms. The van der Waals surface area contributed by atoms with Crippen molar-refractivity contribution in [2.75, 3.05) is 13.2 Å². The van der Waals surface area contributed by atoms with Crippen molar-refractivity contribution in [1.82, 2.24) is 0 Å². The van der Waals surface area contributed by atoms with Crippen molar-refractivity contribution < 1.29 is 38.1 Å². The van der Waals surface area contributed by atoms with Crippen molar-refractivity contribution in [2.24, 2.45) is 0 Å². The van der Waals surface area contributed by atoms with E-state index in [0.717, 1.165) is 0 Å². The van der Waals surface area contributed by atoms with Crippen molar-refractivity contribution in [1.29, 1.82) is 0 Å². The number of carbonyl (C=O) groups excluding carboxylic acids is 4. The van der Waals surface area contributed by atoms with E-state index in [2.05, 4.69) is 6.58 Å². The molecule has 0 heterocycles.